The lowest BCUT2D eigenvalue weighted by Gasteiger charge is -2.38. The standard InChI is InChI=1S/C11H19N5O/c1-11(2)6-4-3-5-7(11)13-9(17)8-14-10(12)16-15-8/h7H,3-6H2,1-2H3,(H,13,17)(H3,12,14,15,16). The smallest absolute Gasteiger partial charge is 0.288 e. The zero-order chi connectivity index (χ0) is 12.5. The van der Waals surface area contributed by atoms with Gasteiger partial charge in [-0.3, -0.25) is 9.89 Å². The highest BCUT2D eigenvalue weighted by Gasteiger charge is 2.33. The molecule has 17 heavy (non-hydrogen) atoms. The molecule has 0 spiro atoms. The van der Waals surface area contributed by atoms with Crippen LogP contribution in [0.25, 0.3) is 0 Å². The van der Waals surface area contributed by atoms with Crippen LogP contribution in [0.15, 0.2) is 0 Å². The molecule has 2 rings (SSSR count). The number of carbonyl (C=O) groups is 1. The van der Waals surface area contributed by atoms with Crippen LogP contribution in [0.3, 0.4) is 0 Å². The number of H-pyrrole nitrogens is 1. The second kappa shape index (κ2) is 4.35. The van der Waals surface area contributed by atoms with Gasteiger partial charge in [0.05, 0.1) is 0 Å². The number of nitrogens with one attached hydrogen (secondary N) is 2. The molecule has 1 unspecified atom stereocenters. The number of nitrogens with two attached hydrogens (primary N) is 1. The lowest BCUT2D eigenvalue weighted by molar-refractivity contribution is 0.0843. The van der Waals surface area contributed by atoms with Gasteiger partial charge in [0.15, 0.2) is 0 Å². The highest BCUT2D eigenvalue weighted by Crippen LogP contribution is 2.35. The van der Waals surface area contributed by atoms with Gasteiger partial charge < -0.3 is 11.1 Å². The van der Waals surface area contributed by atoms with Crippen molar-refractivity contribution in [2.24, 2.45) is 5.41 Å². The van der Waals surface area contributed by atoms with Crippen molar-refractivity contribution in [1.82, 2.24) is 20.5 Å². The molecule has 1 saturated carbocycles. The minimum Gasteiger partial charge on any atom is -0.366 e. The molecule has 0 bridgehead atoms. The molecule has 0 radical (unpaired) electrons. The molecule has 1 aliphatic rings. The van der Waals surface area contributed by atoms with Crippen LogP contribution in [0.1, 0.15) is 50.1 Å². The number of hydrogen-bond donors (Lipinski definition) is 3. The first kappa shape index (κ1) is 11.9. The fourth-order valence-corrected chi connectivity index (χ4v) is 2.36. The summed E-state index contributed by atoms with van der Waals surface area (Å²) in [4.78, 5) is 15.7. The summed E-state index contributed by atoms with van der Waals surface area (Å²) in [7, 11) is 0. The Morgan fingerprint density at radius 3 is 2.88 bits per heavy atom. The van der Waals surface area contributed by atoms with E-state index in [1.807, 2.05) is 0 Å². The fraction of sp³-hybridized carbons (Fsp3) is 0.727. The Morgan fingerprint density at radius 1 is 1.53 bits per heavy atom. The first-order valence-electron chi connectivity index (χ1n) is 5.98. The lowest BCUT2D eigenvalue weighted by atomic mass is 9.73. The number of anilines is 1. The van der Waals surface area contributed by atoms with E-state index in [0.29, 0.717) is 0 Å². The average Bonchev–Trinajstić information content (AvgIpc) is 2.68. The molecular formula is C11H19N5O. The van der Waals surface area contributed by atoms with Crippen LogP contribution in [0.5, 0.6) is 0 Å². The van der Waals surface area contributed by atoms with Crippen molar-refractivity contribution in [3.05, 3.63) is 5.82 Å². The number of nitrogens with zero attached hydrogens (tertiary/aromatic N) is 2. The number of hydrogen-bond acceptors (Lipinski definition) is 4. The van der Waals surface area contributed by atoms with E-state index in [2.05, 4.69) is 34.3 Å². The maximum atomic E-state index is 11.9. The number of nitrogen functional groups attached to an aromatic ring is 1. The molecule has 6 heteroatoms. The van der Waals surface area contributed by atoms with Crippen LogP contribution in [0.4, 0.5) is 5.95 Å². The molecular weight excluding hydrogens is 218 g/mol. The van der Waals surface area contributed by atoms with E-state index in [1.54, 1.807) is 0 Å². The predicted octanol–water partition coefficient (Wildman–Crippen LogP) is 1.09. The maximum absolute atomic E-state index is 11.9. The van der Waals surface area contributed by atoms with Gasteiger partial charge >= 0.3 is 0 Å². The molecule has 0 aromatic carbocycles. The molecule has 6 nitrogen and oxygen atoms in total. The van der Waals surface area contributed by atoms with E-state index in [-0.39, 0.29) is 29.1 Å². The highest BCUT2D eigenvalue weighted by atomic mass is 16.2. The molecule has 1 heterocycles. The van der Waals surface area contributed by atoms with E-state index >= 15 is 0 Å². The van der Waals surface area contributed by atoms with E-state index in [4.69, 9.17) is 5.73 Å². The summed E-state index contributed by atoms with van der Waals surface area (Å²) in [6, 6.07) is 0.190. The zero-order valence-electron chi connectivity index (χ0n) is 10.3. The molecule has 1 amide bonds. The highest BCUT2D eigenvalue weighted by molar-refractivity contribution is 5.90. The van der Waals surface area contributed by atoms with Gasteiger partial charge in [-0.05, 0) is 18.3 Å². The summed E-state index contributed by atoms with van der Waals surface area (Å²) >= 11 is 0. The third kappa shape index (κ3) is 2.57. The lowest BCUT2D eigenvalue weighted by Crippen LogP contribution is -2.47. The summed E-state index contributed by atoms with van der Waals surface area (Å²) in [6.45, 7) is 4.37. The van der Waals surface area contributed by atoms with Crippen LogP contribution in [-0.4, -0.2) is 27.1 Å². The molecule has 94 valence electrons. The van der Waals surface area contributed by atoms with Crippen LogP contribution < -0.4 is 11.1 Å². The summed E-state index contributed by atoms with van der Waals surface area (Å²) in [6.07, 6.45) is 4.54. The van der Waals surface area contributed by atoms with E-state index < -0.39 is 0 Å². The molecule has 1 atom stereocenters. The molecule has 0 aliphatic heterocycles. The van der Waals surface area contributed by atoms with Gasteiger partial charge in [-0.25, -0.2) is 0 Å². The molecule has 1 aromatic heterocycles. The molecule has 1 aliphatic carbocycles. The minimum atomic E-state index is -0.228. The second-order valence-electron chi connectivity index (χ2n) is 5.30. The third-order valence-electron chi connectivity index (χ3n) is 3.53. The number of rotatable bonds is 2. The van der Waals surface area contributed by atoms with Gasteiger partial charge in [0, 0.05) is 6.04 Å². The van der Waals surface area contributed by atoms with Crippen molar-refractivity contribution in [1.29, 1.82) is 0 Å². The van der Waals surface area contributed by atoms with Gasteiger partial charge in [-0.1, -0.05) is 26.7 Å². The first-order chi connectivity index (χ1) is 7.99. The van der Waals surface area contributed by atoms with Gasteiger partial charge in [-0.15, -0.1) is 5.10 Å². The van der Waals surface area contributed by atoms with Gasteiger partial charge in [0.2, 0.25) is 11.8 Å². The molecule has 0 saturated heterocycles. The molecule has 1 fully saturated rings. The largest absolute Gasteiger partial charge is 0.366 e. The number of amides is 1. The Hall–Kier alpha value is -1.59. The van der Waals surface area contributed by atoms with E-state index in [1.165, 1.54) is 6.42 Å². The Balaban J connectivity index is 2.03. The van der Waals surface area contributed by atoms with Crippen molar-refractivity contribution in [2.75, 3.05) is 5.73 Å². The monoisotopic (exact) mass is 237 g/mol. The quantitative estimate of drug-likeness (QED) is 0.717. The van der Waals surface area contributed by atoms with Crippen LogP contribution >= 0.6 is 0 Å². The topological polar surface area (TPSA) is 96.7 Å². The normalized spacial score (nSPS) is 23.3. The number of carbonyl (C=O) groups excluding carboxylic acids is 1. The van der Waals surface area contributed by atoms with E-state index in [0.717, 1.165) is 19.3 Å². The zero-order valence-corrected chi connectivity index (χ0v) is 10.3. The van der Waals surface area contributed by atoms with Crippen molar-refractivity contribution in [3.63, 3.8) is 0 Å². The van der Waals surface area contributed by atoms with Crippen molar-refractivity contribution >= 4 is 11.9 Å². The van der Waals surface area contributed by atoms with Gasteiger partial charge in [-0.2, -0.15) is 4.98 Å². The van der Waals surface area contributed by atoms with Crippen LogP contribution in [0, 0.1) is 5.41 Å². The maximum Gasteiger partial charge on any atom is 0.288 e. The summed E-state index contributed by atoms with van der Waals surface area (Å²) in [5.41, 5.74) is 5.51. The number of aromatic amines is 1. The van der Waals surface area contributed by atoms with Crippen LogP contribution in [-0.2, 0) is 0 Å². The van der Waals surface area contributed by atoms with Crippen molar-refractivity contribution in [3.8, 4) is 0 Å². The second-order valence-corrected chi connectivity index (χ2v) is 5.30. The predicted molar refractivity (Wildman–Crippen MR) is 64.3 cm³/mol. The Bertz CT molecular complexity index is 412. The summed E-state index contributed by atoms with van der Waals surface area (Å²) in [5, 5.41) is 9.18. The fourth-order valence-electron chi connectivity index (χ4n) is 2.36. The Labute approximate surface area is 100 Å². The Kier molecular flexibility index (Phi) is 3.04. The Morgan fingerprint density at radius 2 is 2.29 bits per heavy atom. The number of aromatic nitrogens is 3. The van der Waals surface area contributed by atoms with Gasteiger partial charge in [0.25, 0.3) is 5.91 Å². The summed E-state index contributed by atoms with van der Waals surface area (Å²) < 4.78 is 0. The summed E-state index contributed by atoms with van der Waals surface area (Å²) in [5.74, 6) is 0.0519. The average molecular weight is 237 g/mol. The first-order valence-corrected chi connectivity index (χ1v) is 5.98. The van der Waals surface area contributed by atoms with Gasteiger partial charge in [0.1, 0.15) is 0 Å². The third-order valence-corrected chi connectivity index (χ3v) is 3.53. The minimum absolute atomic E-state index is 0.0954. The van der Waals surface area contributed by atoms with Crippen LogP contribution in [0.2, 0.25) is 0 Å². The van der Waals surface area contributed by atoms with Crippen molar-refractivity contribution in [2.45, 2.75) is 45.6 Å². The SMILES string of the molecule is CC1(C)CCCCC1NC(=O)c1nc(N)n[nH]1. The van der Waals surface area contributed by atoms with E-state index in [9.17, 15) is 4.79 Å². The molecule has 4 N–H and O–H groups in total. The van der Waals surface area contributed by atoms with Crippen molar-refractivity contribution < 1.29 is 4.79 Å². The molecule has 1 aromatic rings.